The van der Waals surface area contributed by atoms with E-state index in [1.807, 2.05) is 0 Å². The fraction of sp³-hybridized carbons (Fsp3) is 0.818. The van der Waals surface area contributed by atoms with E-state index in [2.05, 4.69) is 0 Å². The summed E-state index contributed by atoms with van der Waals surface area (Å²) < 4.78 is 31.7. The number of alkyl halides is 2. The number of likely N-dealkylation sites (tertiary alicyclic amines) is 1. The van der Waals surface area contributed by atoms with Crippen LogP contribution in [0.5, 0.6) is 0 Å². The van der Waals surface area contributed by atoms with Crippen LogP contribution in [0, 0.1) is 5.92 Å². The zero-order valence-electron chi connectivity index (χ0n) is 10.6. The van der Waals surface area contributed by atoms with Gasteiger partial charge in [0.1, 0.15) is 11.5 Å². The van der Waals surface area contributed by atoms with Gasteiger partial charge in [-0.1, -0.05) is 0 Å². The van der Waals surface area contributed by atoms with Gasteiger partial charge in [-0.15, -0.1) is 0 Å². The maximum Gasteiger partial charge on any atom is 0.410 e. The van der Waals surface area contributed by atoms with Crippen molar-refractivity contribution in [2.45, 2.75) is 38.7 Å². The molecule has 0 spiro atoms. The van der Waals surface area contributed by atoms with Gasteiger partial charge in [0.25, 0.3) is 5.92 Å². The molecule has 1 amide bonds. The molecule has 1 N–H and O–H groups in total. The standard InChI is InChI=1S/C11H17F2NO4/c1-10(2,3)18-9(17)14-5-4-11(12,13)7(6-14)8(15)16/h7H,4-6H2,1-3H3,(H,15,16)/t7-/m0/s1. The highest BCUT2D eigenvalue weighted by molar-refractivity contribution is 5.74. The van der Waals surface area contributed by atoms with Crippen molar-refractivity contribution < 1.29 is 28.2 Å². The molecule has 0 aromatic rings. The van der Waals surface area contributed by atoms with E-state index in [0.29, 0.717) is 0 Å². The summed E-state index contributed by atoms with van der Waals surface area (Å²) in [6.07, 6.45) is -1.42. The summed E-state index contributed by atoms with van der Waals surface area (Å²) in [5.41, 5.74) is -0.740. The maximum absolute atomic E-state index is 13.3. The number of carboxylic acid groups (broad SMARTS) is 1. The largest absolute Gasteiger partial charge is 0.481 e. The number of hydrogen-bond acceptors (Lipinski definition) is 3. The number of hydrogen-bond donors (Lipinski definition) is 1. The number of carbonyl (C=O) groups excluding carboxylic acids is 1. The molecule has 1 atom stereocenters. The zero-order valence-corrected chi connectivity index (χ0v) is 10.6. The quantitative estimate of drug-likeness (QED) is 0.787. The minimum absolute atomic E-state index is 0.203. The molecule has 0 aromatic carbocycles. The molecule has 1 rings (SSSR count). The van der Waals surface area contributed by atoms with Crippen LogP contribution in [0.3, 0.4) is 0 Å². The molecule has 104 valence electrons. The molecule has 0 saturated carbocycles. The third kappa shape index (κ3) is 3.54. The number of ether oxygens (including phenoxy) is 1. The molecule has 0 aromatic heterocycles. The first-order valence-electron chi connectivity index (χ1n) is 5.61. The molecule has 1 fully saturated rings. The van der Waals surface area contributed by atoms with Crippen LogP contribution >= 0.6 is 0 Å². The predicted molar refractivity (Wildman–Crippen MR) is 58.5 cm³/mol. The molecule has 5 nitrogen and oxygen atoms in total. The number of carboxylic acids is 1. The van der Waals surface area contributed by atoms with Gasteiger partial charge in [0.15, 0.2) is 0 Å². The van der Waals surface area contributed by atoms with E-state index < -0.39 is 42.5 Å². The smallest absolute Gasteiger partial charge is 0.410 e. The predicted octanol–water partition coefficient (Wildman–Crippen LogP) is 1.96. The Kier molecular flexibility index (Phi) is 3.83. The van der Waals surface area contributed by atoms with Gasteiger partial charge in [0.2, 0.25) is 0 Å². The van der Waals surface area contributed by atoms with Crippen LogP contribution in [0.25, 0.3) is 0 Å². The lowest BCUT2D eigenvalue weighted by molar-refractivity contribution is -0.165. The lowest BCUT2D eigenvalue weighted by atomic mass is 9.94. The highest BCUT2D eigenvalue weighted by Gasteiger charge is 2.49. The Balaban J connectivity index is 2.72. The van der Waals surface area contributed by atoms with Crippen molar-refractivity contribution in [3.8, 4) is 0 Å². The zero-order chi connectivity index (χ0) is 14.1. The van der Waals surface area contributed by atoms with E-state index in [1.165, 1.54) is 0 Å². The fourth-order valence-electron chi connectivity index (χ4n) is 1.65. The van der Waals surface area contributed by atoms with E-state index in [0.717, 1.165) is 4.90 Å². The third-order valence-corrected chi connectivity index (χ3v) is 2.58. The Hall–Kier alpha value is -1.40. The topological polar surface area (TPSA) is 66.8 Å². The SMILES string of the molecule is CC(C)(C)OC(=O)N1CCC(F)(F)[C@H](C(=O)O)C1. The number of nitrogens with zero attached hydrogens (tertiary/aromatic N) is 1. The Morgan fingerprint density at radius 1 is 1.39 bits per heavy atom. The lowest BCUT2D eigenvalue weighted by Gasteiger charge is -2.36. The van der Waals surface area contributed by atoms with Crippen LogP contribution in [-0.2, 0) is 9.53 Å². The van der Waals surface area contributed by atoms with Crippen LogP contribution < -0.4 is 0 Å². The monoisotopic (exact) mass is 265 g/mol. The lowest BCUT2D eigenvalue weighted by Crippen LogP contribution is -2.53. The van der Waals surface area contributed by atoms with Crippen LogP contribution in [-0.4, -0.2) is 46.7 Å². The summed E-state index contributed by atoms with van der Waals surface area (Å²) in [7, 11) is 0. The molecule has 1 saturated heterocycles. The van der Waals surface area contributed by atoms with E-state index in [-0.39, 0.29) is 6.54 Å². The van der Waals surface area contributed by atoms with Crippen molar-refractivity contribution in [2.24, 2.45) is 5.92 Å². The van der Waals surface area contributed by atoms with Crippen molar-refractivity contribution in [2.75, 3.05) is 13.1 Å². The normalized spacial score (nSPS) is 23.6. The molecule has 1 aliphatic heterocycles. The number of piperidine rings is 1. The highest BCUT2D eigenvalue weighted by Crippen LogP contribution is 2.34. The molecule has 1 heterocycles. The Labute approximate surface area is 104 Å². The van der Waals surface area contributed by atoms with Crippen molar-refractivity contribution in [3.05, 3.63) is 0 Å². The van der Waals surface area contributed by atoms with Gasteiger partial charge < -0.3 is 14.7 Å². The van der Waals surface area contributed by atoms with Crippen LogP contribution in [0.2, 0.25) is 0 Å². The average Bonchev–Trinajstić information content (AvgIpc) is 2.13. The van der Waals surface area contributed by atoms with E-state index in [1.54, 1.807) is 20.8 Å². The summed E-state index contributed by atoms with van der Waals surface area (Å²) in [5.74, 6) is -6.77. The molecule has 7 heteroatoms. The Morgan fingerprint density at radius 3 is 2.39 bits per heavy atom. The van der Waals surface area contributed by atoms with Crippen molar-refractivity contribution in [3.63, 3.8) is 0 Å². The van der Waals surface area contributed by atoms with E-state index >= 15 is 0 Å². The van der Waals surface area contributed by atoms with Crippen LogP contribution in [0.15, 0.2) is 0 Å². The molecular formula is C11H17F2NO4. The van der Waals surface area contributed by atoms with Gasteiger partial charge in [-0.25, -0.2) is 13.6 Å². The Bertz CT molecular complexity index is 351. The van der Waals surface area contributed by atoms with Gasteiger partial charge in [0.05, 0.1) is 0 Å². The average molecular weight is 265 g/mol. The summed E-state index contributed by atoms with van der Waals surface area (Å²) in [4.78, 5) is 23.4. The first-order valence-corrected chi connectivity index (χ1v) is 5.61. The van der Waals surface area contributed by atoms with Crippen molar-refractivity contribution >= 4 is 12.1 Å². The molecule has 0 aliphatic carbocycles. The molecule has 0 radical (unpaired) electrons. The van der Waals surface area contributed by atoms with Crippen LogP contribution in [0.4, 0.5) is 13.6 Å². The van der Waals surface area contributed by atoms with Gasteiger partial charge in [-0.2, -0.15) is 0 Å². The third-order valence-electron chi connectivity index (χ3n) is 2.58. The number of carbonyl (C=O) groups is 2. The molecule has 1 aliphatic rings. The van der Waals surface area contributed by atoms with E-state index in [9.17, 15) is 18.4 Å². The number of halogens is 2. The number of aliphatic carboxylic acids is 1. The maximum atomic E-state index is 13.3. The van der Waals surface area contributed by atoms with Gasteiger partial charge >= 0.3 is 12.1 Å². The summed E-state index contributed by atoms with van der Waals surface area (Å²) >= 11 is 0. The minimum Gasteiger partial charge on any atom is -0.481 e. The number of amides is 1. The fourth-order valence-corrected chi connectivity index (χ4v) is 1.65. The van der Waals surface area contributed by atoms with Crippen LogP contribution in [0.1, 0.15) is 27.2 Å². The summed E-state index contributed by atoms with van der Waals surface area (Å²) in [5, 5.41) is 8.75. The minimum atomic E-state index is -3.29. The second-order valence-electron chi connectivity index (χ2n) is 5.33. The first-order chi connectivity index (χ1) is 8.03. The first kappa shape index (κ1) is 14.7. The molecule has 0 unspecified atom stereocenters. The Morgan fingerprint density at radius 2 is 1.94 bits per heavy atom. The molecule has 0 bridgehead atoms. The molecule has 18 heavy (non-hydrogen) atoms. The summed E-state index contributed by atoms with van der Waals surface area (Å²) in [6.45, 7) is 4.22. The molecular weight excluding hydrogens is 248 g/mol. The van der Waals surface area contributed by atoms with Gasteiger partial charge in [0, 0.05) is 19.5 Å². The highest BCUT2D eigenvalue weighted by atomic mass is 19.3. The second-order valence-corrected chi connectivity index (χ2v) is 5.33. The van der Waals surface area contributed by atoms with E-state index in [4.69, 9.17) is 9.84 Å². The van der Waals surface area contributed by atoms with Crippen molar-refractivity contribution in [1.82, 2.24) is 4.90 Å². The number of rotatable bonds is 1. The second kappa shape index (κ2) is 4.70. The van der Waals surface area contributed by atoms with Gasteiger partial charge in [-0.05, 0) is 20.8 Å². The van der Waals surface area contributed by atoms with Crippen molar-refractivity contribution in [1.29, 1.82) is 0 Å². The summed E-state index contributed by atoms with van der Waals surface area (Å²) in [6, 6.07) is 0. The van der Waals surface area contributed by atoms with Gasteiger partial charge in [-0.3, -0.25) is 4.79 Å².